The number of carbonyl (C=O) groups is 2. The number of nitriles is 1. The van der Waals surface area contributed by atoms with E-state index in [-0.39, 0.29) is 22.9 Å². The van der Waals surface area contributed by atoms with E-state index < -0.39 is 11.8 Å². The van der Waals surface area contributed by atoms with Crippen molar-refractivity contribution < 1.29 is 18.4 Å². The van der Waals surface area contributed by atoms with E-state index in [1.807, 2.05) is 6.07 Å². The smallest absolute Gasteiger partial charge is 0.315 e. The lowest BCUT2D eigenvalue weighted by Gasteiger charge is -2.06. The maximum absolute atomic E-state index is 12.2. The van der Waals surface area contributed by atoms with Crippen LogP contribution in [0.5, 0.6) is 0 Å². The summed E-state index contributed by atoms with van der Waals surface area (Å²) in [6, 6.07) is 7.85. The van der Waals surface area contributed by atoms with Crippen molar-refractivity contribution in [2.75, 3.05) is 5.32 Å². The Kier molecular flexibility index (Phi) is 3.29. The molecule has 0 aromatic carbocycles. The van der Waals surface area contributed by atoms with E-state index in [0.29, 0.717) is 0 Å². The Morgan fingerprint density at radius 1 is 1.18 bits per heavy atom. The summed E-state index contributed by atoms with van der Waals surface area (Å²) in [6.45, 7) is 0. The third-order valence-corrected chi connectivity index (χ3v) is 2.79. The number of aromatic nitrogens is 2. The molecule has 8 heteroatoms. The Morgan fingerprint density at radius 3 is 2.45 bits per heavy atom. The lowest BCUT2D eigenvalue weighted by atomic mass is 10.3. The van der Waals surface area contributed by atoms with Crippen LogP contribution in [0.15, 0.2) is 51.8 Å². The molecule has 0 fully saturated rings. The average Bonchev–Trinajstić information content (AvgIpc) is 3.27. The second kappa shape index (κ2) is 5.41. The molecule has 1 N–H and O–H groups in total. The van der Waals surface area contributed by atoms with Crippen molar-refractivity contribution in [1.82, 2.24) is 9.78 Å². The van der Waals surface area contributed by atoms with Gasteiger partial charge in [0, 0.05) is 0 Å². The molecule has 3 heterocycles. The van der Waals surface area contributed by atoms with Crippen molar-refractivity contribution in [3.63, 3.8) is 0 Å². The van der Waals surface area contributed by atoms with Gasteiger partial charge in [-0.2, -0.15) is 15.0 Å². The largest absolute Gasteiger partial charge is 0.459 e. The molecule has 0 unspecified atom stereocenters. The van der Waals surface area contributed by atoms with Crippen LogP contribution in [0, 0.1) is 11.3 Å². The SMILES string of the molecule is N#Cc1cnn(C(=O)c2ccco2)c1NC(=O)c1ccco1. The van der Waals surface area contributed by atoms with E-state index in [9.17, 15) is 9.59 Å². The second-order valence-corrected chi connectivity index (χ2v) is 4.14. The molecule has 1 amide bonds. The monoisotopic (exact) mass is 296 g/mol. The highest BCUT2D eigenvalue weighted by Crippen LogP contribution is 2.17. The van der Waals surface area contributed by atoms with E-state index in [0.717, 1.165) is 4.68 Å². The van der Waals surface area contributed by atoms with Crippen LogP contribution in [0.25, 0.3) is 0 Å². The molecule has 108 valence electrons. The van der Waals surface area contributed by atoms with Crippen LogP contribution in [0.4, 0.5) is 5.82 Å². The number of furan rings is 2. The predicted octanol–water partition coefficient (Wildman–Crippen LogP) is 1.88. The highest BCUT2D eigenvalue weighted by Gasteiger charge is 2.22. The molecule has 0 radical (unpaired) electrons. The third kappa shape index (κ3) is 2.27. The molecule has 0 aliphatic rings. The highest BCUT2D eigenvalue weighted by atomic mass is 16.3. The first-order chi connectivity index (χ1) is 10.7. The Morgan fingerprint density at radius 2 is 1.86 bits per heavy atom. The molecule has 3 aromatic rings. The quantitative estimate of drug-likeness (QED) is 0.789. The summed E-state index contributed by atoms with van der Waals surface area (Å²) in [4.78, 5) is 24.3. The zero-order chi connectivity index (χ0) is 15.5. The molecule has 0 aliphatic heterocycles. The molecule has 8 nitrogen and oxygen atoms in total. The topological polar surface area (TPSA) is 114 Å². The molecule has 0 saturated heterocycles. The van der Waals surface area contributed by atoms with Crippen molar-refractivity contribution >= 4 is 17.6 Å². The van der Waals surface area contributed by atoms with Crippen LogP contribution in [0.1, 0.15) is 26.7 Å². The van der Waals surface area contributed by atoms with Gasteiger partial charge in [0.25, 0.3) is 5.91 Å². The van der Waals surface area contributed by atoms with Crippen LogP contribution < -0.4 is 5.32 Å². The number of carbonyl (C=O) groups excluding carboxylic acids is 2. The van der Waals surface area contributed by atoms with Gasteiger partial charge in [0.1, 0.15) is 11.6 Å². The molecule has 3 rings (SSSR count). The Bertz CT molecular complexity index is 853. The van der Waals surface area contributed by atoms with E-state index in [2.05, 4.69) is 10.4 Å². The maximum atomic E-state index is 12.2. The fourth-order valence-electron chi connectivity index (χ4n) is 1.79. The predicted molar refractivity (Wildman–Crippen MR) is 72.0 cm³/mol. The van der Waals surface area contributed by atoms with E-state index >= 15 is 0 Å². The number of nitrogens with zero attached hydrogens (tertiary/aromatic N) is 3. The number of hydrogen-bond donors (Lipinski definition) is 1. The second-order valence-electron chi connectivity index (χ2n) is 4.14. The normalized spacial score (nSPS) is 10.1. The first kappa shape index (κ1) is 13.4. The van der Waals surface area contributed by atoms with Crippen LogP contribution in [0.2, 0.25) is 0 Å². The molecule has 0 bridgehead atoms. The van der Waals surface area contributed by atoms with Crippen molar-refractivity contribution in [3.05, 3.63) is 60.1 Å². The van der Waals surface area contributed by atoms with Gasteiger partial charge in [0.05, 0.1) is 18.7 Å². The van der Waals surface area contributed by atoms with Gasteiger partial charge in [-0.1, -0.05) is 0 Å². The molecule has 0 spiro atoms. The van der Waals surface area contributed by atoms with E-state index in [1.165, 1.54) is 30.9 Å². The van der Waals surface area contributed by atoms with Gasteiger partial charge < -0.3 is 14.2 Å². The van der Waals surface area contributed by atoms with Crippen LogP contribution >= 0.6 is 0 Å². The minimum absolute atomic E-state index is 0.0288. The van der Waals surface area contributed by atoms with E-state index in [4.69, 9.17) is 14.1 Å². The van der Waals surface area contributed by atoms with Gasteiger partial charge in [-0.15, -0.1) is 0 Å². The van der Waals surface area contributed by atoms with E-state index in [1.54, 1.807) is 12.1 Å². The Hall–Kier alpha value is -3.60. The van der Waals surface area contributed by atoms with Gasteiger partial charge in [0.2, 0.25) is 0 Å². The summed E-state index contributed by atoms with van der Waals surface area (Å²) in [5.74, 6) is -1.19. The Balaban J connectivity index is 1.96. The number of rotatable bonds is 3. The summed E-state index contributed by atoms with van der Waals surface area (Å²) < 4.78 is 10.8. The molecule has 3 aromatic heterocycles. The van der Waals surface area contributed by atoms with Gasteiger partial charge >= 0.3 is 5.91 Å². The van der Waals surface area contributed by atoms with Crippen molar-refractivity contribution in [1.29, 1.82) is 5.26 Å². The van der Waals surface area contributed by atoms with Crippen LogP contribution in [0.3, 0.4) is 0 Å². The zero-order valence-electron chi connectivity index (χ0n) is 11.0. The maximum Gasteiger partial charge on any atom is 0.315 e. The first-order valence-electron chi connectivity index (χ1n) is 6.12. The standard InChI is InChI=1S/C14H8N4O4/c15-7-9-8-16-18(14(20)11-4-2-6-22-11)12(9)17-13(19)10-3-1-5-21-10/h1-6,8H,(H,17,19). The number of nitrogens with one attached hydrogen (secondary N) is 1. The fraction of sp³-hybridized carbons (Fsp3) is 0. The molecule has 0 aliphatic carbocycles. The Labute approximate surface area is 123 Å². The zero-order valence-corrected chi connectivity index (χ0v) is 11.0. The molecular formula is C14H8N4O4. The lowest BCUT2D eigenvalue weighted by Crippen LogP contribution is -2.20. The summed E-state index contributed by atoms with van der Waals surface area (Å²) in [5.41, 5.74) is 0.0415. The minimum Gasteiger partial charge on any atom is -0.459 e. The van der Waals surface area contributed by atoms with Crippen LogP contribution in [-0.4, -0.2) is 21.6 Å². The summed E-state index contributed by atoms with van der Waals surface area (Å²) in [5, 5.41) is 15.3. The van der Waals surface area contributed by atoms with Crippen molar-refractivity contribution in [3.8, 4) is 6.07 Å². The molecule has 0 atom stereocenters. The van der Waals surface area contributed by atoms with Gasteiger partial charge in [0.15, 0.2) is 17.3 Å². The molecule has 0 saturated carbocycles. The van der Waals surface area contributed by atoms with Gasteiger partial charge in [-0.05, 0) is 24.3 Å². The van der Waals surface area contributed by atoms with Gasteiger partial charge in [-0.3, -0.25) is 9.59 Å². The van der Waals surface area contributed by atoms with Gasteiger partial charge in [-0.25, -0.2) is 0 Å². The fourth-order valence-corrected chi connectivity index (χ4v) is 1.79. The van der Waals surface area contributed by atoms with Crippen molar-refractivity contribution in [2.45, 2.75) is 0 Å². The highest BCUT2D eigenvalue weighted by molar-refractivity contribution is 6.04. The third-order valence-electron chi connectivity index (χ3n) is 2.79. The summed E-state index contributed by atoms with van der Waals surface area (Å²) in [7, 11) is 0. The minimum atomic E-state index is -0.610. The summed E-state index contributed by atoms with van der Waals surface area (Å²) in [6.07, 6.45) is 3.85. The number of anilines is 1. The first-order valence-corrected chi connectivity index (χ1v) is 6.12. The molecule has 22 heavy (non-hydrogen) atoms. The number of amides is 1. The lowest BCUT2D eigenvalue weighted by molar-refractivity contribution is 0.0919. The summed E-state index contributed by atoms with van der Waals surface area (Å²) >= 11 is 0. The molecular weight excluding hydrogens is 288 g/mol. The van der Waals surface area contributed by atoms with Crippen LogP contribution in [-0.2, 0) is 0 Å². The average molecular weight is 296 g/mol. The van der Waals surface area contributed by atoms with Crippen molar-refractivity contribution in [2.24, 2.45) is 0 Å². The number of hydrogen-bond acceptors (Lipinski definition) is 6.